The summed E-state index contributed by atoms with van der Waals surface area (Å²) >= 11 is 1.84. The standard InChI is InChI=1S/C8H10S/c1-6-2-7-4-9-5-8(7)3-6/h4-6H,2-3H2,1H3. The normalized spacial score (nSPS) is 18.3. The van der Waals surface area contributed by atoms with Crippen molar-refractivity contribution in [3.63, 3.8) is 0 Å². The molecule has 48 valence electrons. The minimum absolute atomic E-state index is 0.906. The van der Waals surface area contributed by atoms with E-state index in [9.17, 15) is 0 Å². The van der Waals surface area contributed by atoms with Crippen LogP contribution in [0.25, 0.3) is 0 Å². The van der Waals surface area contributed by atoms with Crippen LogP contribution in [0.5, 0.6) is 0 Å². The maximum absolute atomic E-state index is 2.32. The molecule has 0 radical (unpaired) electrons. The van der Waals surface area contributed by atoms with E-state index >= 15 is 0 Å². The van der Waals surface area contributed by atoms with Crippen molar-refractivity contribution in [3.8, 4) is 0 Å². The first-order valence-electron chi connectivity index (χ1n) is 3.40. The van der Waals surface area contributed by atoms with Gasteiger partial charge in [0, 0.05) is 0 Å². The van der Waals surface area contributed by atoms with Gasteiger partial charge >= 0.3 is 0 Å². The van der Waals surface area contributed by atoms with Crippen LogP contribution in [0.4, 0.5) is 0 Å². The van der Waals surface area contributed by atoms with Crippen molar-refractivity contribution in [2.24, 2.45) is 5.92 Å². The Balaban J connectivity index is 2.39. The van der Waals surface area contributed by atoms with Crippen LogP contribution in [-0.4, -0.2) is 0 Å². The van der Waals surface area contributed by atoms with Gasteiger partial charge in [0.1, 0.15) is 0 Å². The van der Waals surface area contributed by atoms with Gasteiger partial charge in [-0.2, -0.15) is 11.3 Å². The van der Waals surface area contributed by atoms with E-state index in [4.69, 9.17) is 0 Å². The monoisotopic (exact) mass is 138 g/mol. The van der Waals surface area contributed by atoms with Crippen LogP contribution in [0.2, 0.25) is 0 Å². The molecule has 0 aromatic carbocycles. The Labute approximate surface area is 59.5 Å². The number of hydrogen-bond donors (Lipinski definition) is 0. The molecule has 1 aliphatic carbocycles. The van der Waals surface area contributed by atoms with Gasteiger partial charge in [-0.3, -0.25) is 0 Å². The first-order chi connectivity index (χ1) is 4.36. The SMILES string of the molecule is CC1Cc2cscc2C1. The van der Waals surface area contributed by atoms with E-state index in [-0.39, 0.29) is 0 Å². The van der Waals surface area contributed by atoms with Crippen molar-refractivity contribution in [1.29, 1.82) is 0 Å². The lowest BCUT2D eigenvalue weighted by molar-refractivity contribution is 0.627. The van der Waals surface area contributed by atoms with Crippen LogP contribution < -0.4 is 0 Å². The number of fused-ring (bicyclic) bond motifs is 1. The highest BCUT2D eigenvalue weighted by molar-refractivity contribution is 7.08. The van der Waals surface area contributed by atoms with Gasteiger partial charge in [0.2, 0.25) is 0 Å². The highest BCUT2D eigenvalue weighted by Gasteiger charge is 2.17. The number of rotatable bonds is 0. The van der Waals surface area contributed by atoms with Gasteiger partial charge in [-0.25, -0.2) is 0 Å². The Bertz CT molecular complexity index is 192. The quantitative estimate of drug-likeness (QED) is 0.516. The van der Waals surface area contributed by atoms with Gasteiger partial charge in [0.25, 0.3) is 0 Å². The zero-order valence-electron chi connectivity index (χ0n) is 5.55. The predicted octanol–water partition coefficient (Wildman–Crippen LogP) is 2.48. The Hall–Kier alpha value is -0.300. The van der Waals surface area contributed by atoms with E-state index < -0.39 is 0 Å². The second-order valence-electron chi connectivity index (χ2n) is 2.94. The summed E-state index contributed by atoms with van der Waals surface area (Å²) in [7, 11) is 0. The summed E-state index contributed by atoms with van der Waals surface area (Å²) in [6, 6.07) is 0. The van der Waals surface area contributed by atoms with Crippen molar-refractivity contribution < 1.29 is 0 Å². The van der Waals surface area contributed by atoms with Crippen LogP contribution in [0.1, 0.15) is 18.1 Å². The Morgan fingerprint density at radius 2 is 1.89 bits per heavy atom. The minimum atomic E-state index is 0.906. The van der Waals surface area contributed by atoms with Crippen LogP contribution in [0, 0.1) is 5.92 Å². The van der Waals surface area contributed by atoms with Gasteiger partial charge in [0.05, 0.1) is 0 Å². The molecule has 1 aliphatic rings. The molecular weight excluding hydrogens is 128 g/mol. The Kier molecular flexibility index (Phi) is 1.12. The van der Waals surface area contributed by atoms with Crippen LogP contribution >= 0.6 is 11.3 Å². The lowest BCUT2D eigenvalue weighted by Gasteiger charge is -1.94. The average molecular weight is 138 g/mol. The molecule has 1 aromatic rings. The summed E-state index contributed by atoms with van der Waals surface area (Å²) in [5.41, 5.74) is 3.21. The van der Waals surface area contributed by atoms with Crippen molar-refractivity contribution in [2.45, 2.75) is 19.8 Å². The molecule has 1 heterocycles. The highest BCUT2D eigenvalue weighted by atomic mass is 32.1. The zero-order valence-corrected chi connectivity index (χ0v) is 6.37. The molecule has 0 nitrogen and oxygen atoms in total. The fourth-order valence-electron chi connectivity index (χ4n) is 1.53. The Morgan fingerprint density at radius 1 is 1.33 bits per heavy atom. The first-order valence-corrected chi connectivity index (χ1v) is 4.34. The molecule has 0 spiro atoms. The molecule has 0 amide bonds. The van der Waals surface area contributed by atoms with Crippen molar-refractivity contribution >= 4 is 11.3 Å². The van der Waals surface area contributed by atoms with Crippen LogP contribution in [-0.2, 0) is 12.8 Å². The largest absolute Gasteiger partial charge is 0.152 e. The summed E-state index contributed by atoms with van der Waals surface area (Å²) in [6.45, 7) is 2.32. The second kappa shape index (κ2) is 1.84. The van der Waals surface area contributed by atoms with Gasteiger partial charge in [-0.1, -0.05) is 6.92 Å². The third kappa shape index (κ3) is 0.799. The number of thiophene rings is 1. The van der Waals surface area contributed by atoms with Crippen LogP contribution in [0.15, 0.2) is 10.8 Å². The van der Waals surface area contributed by atoms with Gasteiger partial charge in [-0.05, 0) is 40.6 Å². The summed E-state index contributed by atoms with van der Waals surface area (Å²) in [5, 5.41) is 4.58. The topological polar surface area (TPSA) is 0 Å². The smallest absolute Gasteiger partial charge is 0.00583 e. The van der Waals surface area contributed by atoms with Crippen molar-refractivity contribution in [3.05, 3.63) is 21.9 Å². The average Bonchev–Trinajstić information content (AvgIpc) is 2.22. The fraction of sp³-hybridized carbons (Fsp3) is 0.500. The van der Waals surface area contributed by atoms with Crippen molar-refractivity contribution in [1.82, 2.24) is 0 Å². The molecule has 0 bridgehead atoms. The first kappa shape index (κ1) is 5.48. The molecule has 0 unspecified atom stereocenters. The van der Waals surface area contributed by atoms with Crippen molar-refractivity contribution in [2.75, 3.05) is 0 Å². The third-order valence-electron chi connectivity index (χ3n) is 1.97. The molecule has 0 saturated heterocycles. The van der Waals surface area contributed by atoms with Gasteiger partial charge in [-0.15, -0.1) is 0 Å². The molecule has 1 heteroatoms. The summed E-state index contributed by atoms with van der Waals surface area (Å²) < 4.78 is 0. The molecule has 9 heavy (non-hydrogen) atoms. The predicted molar refractivity (Wildman–Crippen MR) is 40.9 cm³/mol. The molecule has 1 aromatic heterocycles. The van der Waals surface area contributed by atoms with E-state index in [1.807, 2.05) is 11.3 Å². The van der Waals surface area contributed by atoms with E-state index in [2.05, 4.69) is 17.7 Å². The third-order valence-corrected chi connectivity index (χ3v) is 2.81. The fourth-order valence-corrected chi connectivity index (χ4v) is 2.42. The molecule has 0 saturated carbocycles. The molecule has 2 rings (SSSR count). The maximum atomic E-state index is 2.32. The van der Waals surface area contributed by atoms with E-state index in [0.29, 0.717) is 0 Å². The minimum Gasteiger partial charge on any atom is -0.152 e. The molecule has 0 fully saturated rings. The summed E-state index contributed by atoms with van der Waals surface area (Å²) in [6.07, 6.45) is 2.64. The van der Waals surface area contributed by atoms with Gasteiger partial charge in [0.15, 0.2) is 0 Å². The summed E-state index contributed by atoms with van der Waals surface area (Å²) in [5.74, 6) is 0.906. The highest BCUT2D eigenvalue weighted by Crippen LogP contribution is 2.28. The van der Waals surface area contributed by atoms with E-state index in [1.165, 1.54) is 12.8 Å². The number of hydrogen-bond acceptors (Lipinski definition) is 1. The zero-order chi connectivity index (χ0) is 6.27. The molecule has 0 aliphatic heterocycles. The maximum Gasteiger partial charge on any atom is -0.00583 e. The van der Waals surface area contributed by atoms with Gasteiger partial charge < -0.3 is 0 Å². The van der Waals surface area contributed by atoms with E-state index in [0.717, 1.165) is 5.92 Å². The summed E-state index contributed by atoms with van der Waals surface area (Å²) in [4.78, 5) is 0. The van der Waals surface area contributed by atoms with E-state index in [1.54, 1.807) is 11.1 Å². The molecule has 0 atom stereocenters. The van der Waals surface area contributed by atoms with Crippen LogP contribution in [0.3, 0.4) is 0 Å². The molecular formula is C8H10S. The molecule has 0 N–H and O–H groups in total. The second-order valence-corrected chi connectivity index (χ2v) is 3.68. The Morgan fingerprint density at radius 3 is 2.44 bits per heavy atom. The lowest BCUT2D eigenvalue weighted by atomic mass is 10.1. The lowest BCUT2D eigenvalue weighted by Crippen LogP contribution is -1.89.